The minimum absolute atomic E-state index is 0.179. The minimum atomic E-state index is -0.423. The van der Waals surface area contributed by atoms with Crippen LogP contribution in [0.5, 0.6) is 5.75 Å². The number of aryl methyl sites for hydroxylation is 2. The molecule has 1 amide bonds. The molecule has 0 unspecified atom stereocenters. The summed E-state index contributed by atoms with van der Waals surface area (Å²) in [6.07, 6.45) is 1.50. The Bertz CT molecular complexity index is 1300. The lowest BCUT2D eigenvalue weighted by atomic mass is 10.1. The summed E-state index contributed by atoms with van der Waals surface area (Å²) in [7, 11) is 0. The summed E-state index contributed by atoms with van der Waals surface area (Å²) in [5, 5.41) is 6.77. The van der Waals surface area contributed by atoms with Crippen molar-refractivity contribution in [1.82, 2.24) is 9.97 Å². The van der Waals surface area contributed by atoms with Crippen molar-refractivity contribution in [2.45, 2.75) is 13.8 Å². The first-order chi connectivity index (χ1) is 15.0. The van der Waals surface area contributed by atoms with Gasteiger partial charge in [0.1, 0.15) is 23.5 Å². The summed E-state index contributed by atoms with van der Waals surface area (Å²) >= 11 is 0. The smallest absolute Gasteiger partial charge is 0.336 e. The number of ether oxygens (including phenoxy) is 1. The van der Waals surface area contributed by atoms with Crippen LogP contribution in [0.3, 0.4) is 0 Å². The van der Waals surface area contributed by atoms with E-state index in [0.29, 0.717) is 22.8 Å². The number of carbonyl (C=O) groups is 1. The van der Waals surface area contributed by atoms with Crippen molar-refractivity contribution in [3.63, 3.8) is 0 Å². The molecule has 0 aliphatic heterocycles. The molecule has 4 aromatic rings. The summed E-state index contributed by atoms with van der Waals surface area (Å²) in [4.78, 5) is 32.0. The maximum absolute atomic E-state index is 12.2. The van der Waals surface area contributed by atoms with Crippen molar-refractivity contribution in [2.24, 2.45) is 0 Å². The van der Waals surface area contributed by atoms with Gasteiger partial charge in [-0.05, 0) is 55.8 Å². The normalized spacial score (nSPS) is 10.6. The molecule has 4 rings (SSSR count). The molecule has 2 aromatic carbocycles. The first-order valence-electron chi connectivity index (χ1n) is 9.59. The fraction of sp³-hybridized carbons (Fsp3) is 0.130. The summed E-state index contributed by atoms with van der Waals surface area (Å²) < 4.78 is 10.7. The molecule has 0 aliphatic rings. The Morgan fingerprint density at radius 1 is 1.00 bits per heavy atom. The van der Waals surface area contributed by atoms with Crippen molar-refractivity contribution in [3.8, 4) is 5.75 Å². The van der Waals surface area contributed by atoms with Crippen LogP contribution < -0.4 is 21.0 Å². The zero-order valence-electron chi connectivity index (χ0n) is 17.0. The Hall–Kier alpha value is -4.20. The molecule has 0 bridgehead atoms. The predicted octanol–water partition coefficient (Wildman–Crippen LogP) is 3.96. The Balaban J connectivity index is 1.34. The molecule has 0 saturated carbocycles. The molecule has 2 aromatic heterocycles. The summed E-state index contributed by atoms with van der Waals surface area (Å²) in [6.45, 7) is 3.55. The van der Waals surface area contributed by atoms with Gasteiger partial charge in [-0.15, -0.1) is 0 Å². The summed E-state index contributed by atoms with van der Waals surface area (Å²) in [6, 6.07) is 15.6. The minimum Gasteiger partial charge on any atom is -0.484 e. The van der Waals surface area contributed by atoms with E-state index in [0.717, 1.165) is 22.3 Å². The van der Waals surface area contributed by atoms with Crippen LogP contribution >= 0.6 is 0 Å². The van der Waals surface area contributed by atoms with E-state index in [1.54, 1.807) is 30.3 Å². The van der Waals surface area contributed by atoms with Crippen LogP contribution in [0.25, 0.3) is 11.0 Å². The molecule has 0 aliphatic carbocycles. The van der Waals surface area contributed by atoms with Gasteiger partial charge in [0.2, 0.25) is 0 Å². The van der Waals surface area contributed by atoms with Gasteiger partial charge in [0.05, 0.1) is 0 Å². The average Bonchev–Trinajstić information content (AvgIpc) is 2.73. The fourth-order valence-electron chi connectivity index (χ4n) is 3.05. The molecular weight excluding hydrogens is 396 g/mol. The van der Waals surface area contributed by atoms with Gasteiger partial charge >= 0.3 is 5.63 Å². The van der Waals surface area contributed by atoms with Crippen LogP contribution in [-0.2, 0) is 4.79 Å². The second kappa shape index (κ2) is 8.66. The van der Waals surface area contributed by atoms with Crippen LogP contribution in [-0.4, -0.2) is 22.5 Å². The van der Waals surface area contributed by atoms with Crippen molar-refractivity contribution in [3.05, 3.63) is 82.6 Å². The molecule has 0 radical (unpaired) electrons. The van der Waals surface area contributed by atoms with Crippen molar-refractivity contribution >= 4 is 34.1 Å². The number of aromatic nitrogens is 2. The Kier molecular flexibility index (Phi) is 5.61. The highest BCUT2D eigenvalue weighted by Gasteiger charge is 2.07. The first-order valence-corrected chi connectivity index (χ1v) is 9.59. The summed E-state index contributed by atoms with van der Waals surface area (Å²) in [5.74, 6) is 0.827. The Morgan fingerprint density at radius 2 is 1.77 bits per heavy atom. The van der Waals surface area contributed by atoms with Crippen LogP contribution in [0, 0.1) is 13.8 Å². The molecule has 0 fully saturated rings. The third-order valence-corrected chi connectivity index (χ3v) is 4.54. The summed E-state index contributed by atoms with van der Waals surface area (Å²) in [5.41, 5.74) is 3.16. The Labute approximate surface area is 177 Å². The second-order valence-corrected chi connectivity index (χ2v) is 6.99. The monoisotopic (exact) mass is 416 g/mol. The number of hydrogen-bond acceptors (Lipinski definition) is 7. The zero-order valence-corrected chi connectivity index (χ0v) is 17.0. The van der Waals surface area contributed by atoms with Gasteiger partial charge in [0.25, 0.3) is 5.91 Å². The molecule has 31 heavy (non-hydrogen) atoms. The van der Waals surface area contributed by atoms with Crippen LogP contribution in [0.1, 0.15) is 11.3 Å². The quantitative estimate of drug-likeness (QED) is 0.458. The first kappa shape index (κ1) is 20.1. The highest BCUT2D eigenvalue weighted by molar-refractivity contribution is 5.92. The molecule has 0 spiro atoms. The molecule has 8 heteroatoms. The highest BCUT2D eigenvalue weighted by atomic mass is 16.5. The van der Waals surface area contributed by atoms with Gasteiger partial charge < -0.3 is 19.8 Å². The van der Waals surface area contributed by atoms with E-state index in [2.05, 4.69) is 20.6 Å². The lowest BCUT2D eigenvalue weighted by molar-refractivity contribution is -0.118. The van der Waals surface area contributed by atoms with E-state index < -0.39 is 5.63 Å². The van der Waals surface area contributed by atoms with Crippen molar-refractivity contribution < 1.29 is 13.9 Å². The van der Waals surface area contributed by atoms with E-state index in [-0.39, 0.29) is 12.5 Å². The van der Waals surface area contributed by atoms with Gasteiger partial charge in [-0.25, -0.2) is 14.8 Å². The van der Waals surface area contributed by atoms with Crippen molar-refractivity contribution in [2.75, 3.05) is 17.2 Å². The third-order valence-electron chi connectivity index (χ3n) is 4.54. The van der Waals surface area contributed by atoms with Crippen molar-refractivity contribution in [1.29, 1.82) is 0 Å². The van der Waals surface area contributed by atoms with E-state index in [4.69, 9.17) is 9.15 Å². The molecule has 0 atom stereocenters. The van der Waals surface area contributed by atoms with Gasteiger partial charge in [-0.3, -0.25) is 4.79 Å². The average molecular weight is 416 g/mol. The standard InChI is InChI=1S/C23H20N4O4/c1-14-9-23(29)31-20-11-18(7-8-19(14)20)30-12-22(28)27-17-5-3-16(4-6-17)26-21-10-15(2)24-13-25-21/h3-11,13H,12H2,1-2H3,(H,27,28)(H,24,25,26). The van der Waals surface area contributed by atoms with Crippen LogP contribution in [0.15, 0.2) is 70.1 Å². The van der Waals surface area contributed by atoms with Gasteiger partial charge in [0.15, 0.2) is 6.61 Å². The maximum atomic E-state index is 12.2. The number of hydrogen-bond donors (Lipinski definition) is 2. The van der Waals surface area contributed by atoms with E-state index in [1.165, 1.54) is 12.4 Å². The van der Waals surface area contributed by atoms with Gasteiger partial charge in [0, 0.05) is 40.7 Å². The number of rotatable bonds is 6. The Morgan fingerprint density at radius 3 is 2.55 bits per heavy atom. The predicted molar refractivity (Wildman–Crippen MR) is 118 cm³/mol. The van der Waals surface area contributed by atoms with E-state index in [1.807, 2.05) is 32.0 Å². The molecule has 156 valence electrons. The highest BCUT2D eigenvalue weighted by Crippen LogP contribution is 2.22. The number of carbonyl (C=O) groups excluding carboxylic acids is 1. The van der Waals surface area contributed by atoms with Crippen LogP contribution in [0.4, 0.5) is 17.2 Å². The lowest BCUT2D eigenvalue weighted by Gasteiger charge is -2.10. The number of amides is 1. The zero-order chi connectivity index (χ0) is 21.8. The molecule has 2 heterocycles. The van der Waals surface area contributed by atoms with Crippen LogP contribution in [0.2, 0.25) is 0 Å². The fourth-order valence-corrected chi connectivity index (χ4v) is 3.05. The SMILES string of the molecule is Cc1cc(Nc2ccc(NC(=O)COc3ccc4c(C)cc(=O)oc4c3)cc2)ncn1. The number of benzene rings is 2. The largest absolute Gasteiger partial charge is 0.484 e. The third kappa shape index (κ3) is 5.05. The van der Waals surface area contributed by atoms with E-state index in [9.17, 15) is 9.59 Å². The second-order valence-electron chi connectivity index (χ2n) is 6.99. The maximum Gasteiger partial charge on any atom is 0.336 e. The number of fused-ring (bicyclic) bond motifs is 1. The molecule has 8 nitrogen and oxygen atoms in total. The lowest BCUT2D eigenvalue weighted by Crippen LogP contribution is -2.20. The number of nitrogens with one attached hydrogen (secondary N) is 2. The molecular formula is C23H20N4O4. The van der Waals surface area contributed by atoms with E-state index >= 15 is 0 Å². The molecule has 0 saturated heterocycles. The number of anilines is 3. The van der Waals surface area contributed by atoms with Gasteiger partial charge in [-0.1, -0.05) is 0 Å². The molecule has 2 N–H and O–H groups in total. The number of nitrogens with zero attached hydrogens (tertiary/aromatic N) is 2. The van der Waals surface area contributed by atoms with Gasteiger partial charge in [-0.2, -0.15) is 0 Å². The topological polar surface area (TPSA) is 106 Å².